The summed E-state index contributed by atoms with van der Waals surface area (Å²) in [6, 6.07) is 118. The highest BCUT2D eigenvalue weighted by Gasteiger charge is 2.41. The predicted octanol–water partition coefficient (Wildman–Crippen LogP) is 18.3. The van der Waals surface area contributed by atoms with Crippen LogP contribution in [-0.4, -0.2) is 8.07 Å². The Morgan fingerprint density at radius 1 is 0.152 bits per heavy atom. The van der Waals surface area contributed by atoms with Gasteiger partial charge < -0.3 is 0 Å². The Kier molecular flexibility index (Phi) is 11.3. The van der Waals surface area contributed by atoms with Gasteiger partial charge in [-0.25, -0.2) is 0 Å². The van der Waals surface area contributed by atoms with Gasteiger partial charge in [0.2, 0.25) is 0 Å². The summed E-state index contributed by atoms with van der Waals surface area (Å²) >= 11 is 0. The molecule has 0 atom stereocenters. The van der Waals surface area contributed by atoms with Crippen molar-refractivity contribution in [2.45, 2.75) is 0 Å². The van der Waals surface area contributed by atoms with E-state index in [-0.39, 0.29) is 0 Å². The first-order valence-electron chi connectivity index (χ1n) is 27.5. The van der Waals surface area contributed by atoms with Gasteiger partial charge in [0.15, 0.2) is 8.07 Å². The molecule has 1 heteroatoms. The van der Waals surface area contributed by atoms with Crippen molar-refractivity contribution in [2.24, 2.45) is 0 Å². The molecular formula is C78H52Si. The maximum Gasteiger partial charge on any atom is 0.179 e. The third kappa shape index (κ3) is 7.73. The zero-order chi connectivity index (χ0) is 52.3. The van der Waals surface area contributed by atoms with Gasteiger partial charge in [-0.05, 0) is 159 Å². The van der Waals surface area contributed by atoms with Crippen LogP contribution in [0.15, 0.2) is 315 Å². The Hall–Kier alpha value is -9.92. The molecule has 0 unspecified atom stereocenters. The summed E-state index contributed by atoms with van der Waals surface area (Å²) in [5.74, 6) is 0. The molecular weight excluding hydrogens is 965 g/mol. The van der Waals surface area contributed by atoms with Gasteiger partial charge >= 0.3 is 0 Å². The number of hydrogen-bond acceptors (Lipinski definition) is 0. The molecule has 0 aliphatic heterocycles. The van der Waals surface area contributed by atoms with E-state index >= 15 is 0 Å². The molecule has 0 bridgehead atoms. The molecule has 0 saturated heterocycles. The van der Waals surface area contributed by atoms with Gasteiger partial charge in [0, 0.05) is 0 Å². The van der Waals surface area contributed by atoms with E-state index in [9.17, 15) is 0 Å². The van der Waals surface area contributed by atoms with Crippen molar-refractivity contribution in [1.82, 2.24) is 0 Å². The van der Waals surface area contributed by atoms with Crippen LogP contribution in [0.2, 0.25) is 0 Å². The summed E-state index contributed by atoms with van der Waals surface area (Å²) in [4.78, 5) is 0. The number of hydrogen-bond donors (Lipinski definition) is 0. The fraction of sp³-hybridized carbons (Fsp3) is 0. The zero-order valence-electron chi connectivity index (χ0n) is 43.5. The second-order valence-electron chi connectivity index (χ2n) is 21.0. The van der Waals surface area contributed by atoms with Gasteiger partial charge in [0.25, 0.3) is 0 Å². The van der Waals surface area contributed by atoms with Gasteiger partial charge in [-0.1, -0.05) is 297 Å². The van der Waals surface area contributed by atoms with Crippen molar-refractivity contribution in [3.8, 4) is 55.6 Å². The molecule has 0 aromatic heterocycles. The molecule has 0 N–H and O–H groups in total. The van der Waals surface area contributed by atoms with Crippen molar-refractivity contribution in [3.63, 3.8) is 0 Å². The second-order valence-corrected chi connectivity index (χ2v) is 24.8. The lowest BCUT2D eigenvalue weighted by Gasteiger charge is -2.34. The van der Waals surface area contributed by atoms with Crippen LogP contribution in [0.25, 0.3) is 120 Å². The SMILES string of the molecule is c1ccc([Si](c2ccccc2)(c2ccccc2)c2ccc(-c3c4ccccc4c(-c4ccc(-c5ccc6c(-c7ccc8ccccc8c7)c7ccccc7c(-c7ccc8ccccc8c7)c6c5)cc4)c4ccccc34)cc2)cc1. The molecule has 0 aliphatic rings. The number of rotatable bonds is 9. The second kappa shape index (κ2) is 19.3. The van der Waals surface area contributed by atoms with Gasteiger partial charge in [-0.3, -0.25) is 0 Å². The summed E-state index contributed by atoms with van der Waals surface area (Å²) in [6.45, 7) is 0. The van der Waals surface area contributed by atoms with E-state index in [1.807, 2.05) is 0 Å². The largest absolute Gasteiger partial charge is 0.179 e. The van der Waals surface area contributed by atoms with Crippen LogP contribution in [0.4, 0.5) is 0 Å². The van der Waals surface area contributed by atoms with Gasteiger partial charge in [-0.15, -0.1) is 0 Å². The van der Waals surface area contributed by atoms with E-state index in [1.54, 1.807) is 0 Å². The molecule has 368 valence electrons. The van der Waals surface area contributed by atoms with Crippen molar-refractivity contribution < 1.29 is 0 Å². The minimum absolute atomic E-state index is 1.18. The number of benzene rings is 15. The van der Waals surface area contributed by atoms with Crippen molar-refractivity contribution >= 4 is 93.5 Å². The van der Waals surface area contributed by atoms with E-state index in [1.165, 1.54) is 141 Å². The van der Waals surface area contributed by atoms with Crippen LogP contribution >= 0.6 is 0 Å². The quantitative estimate of drug-likeness (QED) is 0.0768. The van der Waals surface area contributed by atoms with Crippen LogP contribution in [-0.2, 0) is 0 Å². The van der Waals surface area contributed by atoms with Gasteiger partial charge in [0.1, 0.15) is 0 Å². The normalized spacial score (nSPS) is 11.8. The average molecular weight is 1020 g/mol. The third-order valence-electron chi connectivity index (χ3n) is 16.8. The average Bonchev–Trinajstić information content (AvgIpc) is 3.69. The van der Waals surface area contributed by atoms with Crippen LogP contribution in [0.1, 0.15) is 0 Å². The molecule has 0 nitrogen and oxygen atoms in total. The first-order valence-corrected chi connectivity index (χ1v) is 29.5. The van der Waals surface area contributed by atoms with Crippen molar-refractivity contribution in [1.29, 1.82) is 0 Å². The Balaban J connectivity index is 0.872. The summed E-state index contributed by atoms with van der Waals surface area (Å²) in [5, 5.41) is 20.4. The Bertz CT molecular complexity index is 4640. The third-order valence-corrected chi connectivity index (χ3v) is 21.6. The monoisotopic (exact) mass is 1020 g/mol. The van der Waals surface area contributed by atoms with Crippen molar-refractivity contribution in [3.05, 3.63) is 315 Å². The molecule has 0 radical (unpaired) electrons. The van der Waals surface area contributed by atoms with Gasteiger partial charge in [-0.2, -0.15) is 0 Å². The summed E-state index contributed by atoms with van der Waals surface area (Å²) in [7, 11) is -2.69. The minimum Gasteiger partial charge on any atom is -0.0623 e. The molecule has 0 heterocycles. The highest BCUT2D eigenvalue weighted by Crippen LogP contribution is 2.47. The fourth-order valence-corrected chi connectivity index (χ4v) is 17.9. The Morgan fingerprint density at radius 3 is 0.848 bits per heavy atom. The molecule has 0 amide bonds. The molecule has 0 spiro atoms. The topological polar surface area (TPSA) is 0 Å². The first kappa shape index (κ1) is 46.4. The summed E-state index contributed by atoms with van der Waals surface area (Å²) in [6.07, 6.45) is 0. The summed E-state index contributed by atoms with van der Waals surface area (Å²) in [5.41, 5.74) is 12.3. The van der Waals surface area contributed by atoms with Crippen molar-refractivity contribution in [2.75, 3.05) is 0 Å². The molecule has 15 aromatic carbocycles. The molecule has 0 fully saturated rings. The molecule has 15 aromatic rings. The minimum atomic E-state index is -2.69. The Labute approximate surface area is 461 Å². The van der Waals surface area contributed by atoms with Crippen LogP contribution < -0.4 is 20.7 Å². The highest BCUT2D eigenvalue weighted by atomic mass is 28.3. The van der Waals surface area contributed by atoms with Crippen LogP contribution in [0.3, 0.4) is 0 Å². The smallest absolute Gasteiger partial charge is 0.0623 e. The lowest BCUT2D eigenvalue weighted by Crippen LogP contribution is -2.74. The molecule has 15 rings (SSSR count). The maximum absolute atomic E-state index is 2.69. The lowest BCUT2D eigenvalue weighted by molar-refractivity contribution is 1.62. The lowest BCUT2D eigenvalue weighted by atomic mass is 9.84. The van der Waals surface area contributed by atoms with Crippen LogP contribution in [0.5, 0.6) is 0 Å². The van der Waals surface area contributed by atoms with E-state index in [4.69, 9.17) is 0 Å². The maximum atomic E-state index is 2.45. The molecule has 0 saturated carbocycles. The molecule has 0 aliphatic carbocycles. The van der Waals surface area contributed by atoms with Gasteiger partial charge in [0.05, 0.1) is 0 Å². The zero-order valence-corrected chi connectivity index (χ0v) is 44.5. The fourth-order valence-electron chi connectivity index (χ4n) is 13.2. The van der Waals surface area contributed by atoms with Crippen LogP contribution in [0, 0.1) is 0 Å². The van der Waals surface area contributed by atoms with E-state index in [2.05, 4.69) is 315 Å². The predicted molar refractivity (Wildman–Crippen MR) is 342 cm³/mol. The van der Waals surface area contributed by atoms with E-state index in [0.717, 1.165) is 0 Å². The standard InChI is InChI=1S/C78H52Si/c1-4-24-63(25-5-1)79(64-26-6-2-7-27-64,65-28-8-3-9-29-65)66-47-44-57(45-48-66)76-69-32-16-14-30-67(69)75(68-31-15-17-33-70(68)76)56-40-36-55(37-41-56)60-46-49-73-74(52-60)78(62-43-39-54-21-11-13-23-59(54)51-62)72-35-19-18-34-71(72)77(73)61-42-38-53-20-10-12-22-58(53)50-61/h1-52H. The van der Waals surface area contributed by atoms with E-state index in [0.29, 0.717) is 0 Å². The molecule has 79 heavy (non-hydrogen) atoms. The van der Waals surface area contributed by atoms with E-state index < -0.39 is 8.07 Å². The Morgan fingerprint density at radius 2 is 0.430 bits per heavy atom. The first-order chi connectivity index (χ1) is 39.2. The summed E-state index contributed by atoms with van der Waals surface area (Å²) < 4.78 is 0. The number of fused-ring (bicyclic) bond motifs is 6. The highest BCUT2D eigenvalue weighted by molar-refractivity contribution is 7.19.